The van der Waals surface area contributed by atoms with Gasteiger partial charge in [-0.25, -0.2) is 13.9 Å². The lowest BCUT2D eigenvalue weighted by Crippen LogP contribution is -2.12. The van der Waals surface area contributed by atoms with Crippen molar-refractivity contribution in [2.24, 2.45) is 0 Å². The first-order chi connectivity index (χ1) is 12.6. The van der Waals surface area contributed by atoms with Gasteiger partial charge in [-0.2, -0.15) is 0 Å². The lowest BCUT2D eigenvalue weighted by molar-refractivity contribution is 0.102. The van der Waals surface area contributed by atoms with Crippen LogP contribution in [0.2, 0.25) is 5.02 Å². The molecule has 4 rings (SSSR count). The first-order valence-corrected chi connectivity index (χ1v) is 8.16. The summed E-state index contributed by atoms with van der Waals surface area (Å²) in [6.45, 7) is 0. The van der Waals surface area contributed by atoms with E-state index < -0.39 is 5.82 Å². The zero-order chi connectivity index (χ0) is 18.1. The van der Waals surface area contributed by atoms with Crippen LogP contribution in [0.15, 0.2) is 67.0 Å². The van der Waals surface area contributed by atoms with Crippen LogP contribution in [0.4, 0.5) is 10.2 Å². The molecule has 7 heteroatoms. The summed E-state index contributed by atoms with van der Waals surface area (Å²) in [6, 6.07) is 14.9. The topological polar surface area (TPSA) is 59.3 Å². The Morgan fingerprint density at radius 3 is 2.69 bits per heavy atom. The number of aromatic nitrogens is 3. The second kappa shape index (κ2) is 6.57. The maximum absolute atomic E-state index is 14.0. The fourth-order valence-electron chi connectivity index (χ4n) is 2.66. The van der Waals surface area contributed by atoms with E-state index in [0.29, 0.717) is 28.2 Å². The third kappa shape index (κ3) is 2.91. The monoisotopic (exact) mass is 366 g/mol. The molecule has 4 aromatic rings. The first-order valence-electron chi connectivity index (χ1n) is 7.78. The summed E-state index contributed by atoms with van der Waals surface area (Å²) in [5.74, 6) is -0.580. The number of amides is 1. The molecule has 0 atom stereocenters. The predicted octanol–water partition coefficient (Wildman–Crippen LogP) is 4.44. The van der Waals surface area contributed by atoms with Gasteiger partial charge in [0.05, 0.1) is 10.6 Å². The van der Waals surface area contributed by atoms with E-state index in [0.717, 1.165) is 0 Å². The van der Waals surface area contributed by atoms with Crippen molar-refractivity contribution in [1.29, 1.82) is 0 Å². The molecule has 1 N–H and O–H groups in total. The average Bonchev–Trinajstić information content (AvgIpc) is 3.02. The smallest absolute Gasteiger partial charge is 0.256 e. The molecule has 0 saturated heterocycles. The molecule has 1 amide bonds. The van der Waals surface area contributed by atoms with E-state index in [2.05, 4.69) is 15.4 Å². The second-order valence-corrected chi connectivity index (χ2v) is 5.97. The summed E-state index contributed by atoms with van der Waals surface area (Å²) in [5.41, 5.74) is 2.03. The van der Waals surface area contributed by atoms with Crippen LogP contribution in [0, 0.1) is 5.82 Å². The second-order valence-electron chi connectivity index (χ2n) is 5.56. The number of halogens is 2. The minimum atomic E-state index is -0.556. The molecular weight excluding hydrogens is 355 g/mol. The number of anilines is 1. The van der Waals surface area contributed by atoms with Crippen molar-refractivity contribution in [1.82, 2.24) is 14.6 Å². The van der Waals surface area contributed by atoms with Gasteiger partial charge in [0.25, 0.3) is 5.91 Å². The Kier molecular flexibility index (Phi) is 4.10. The number of hydrogen-bond donors (Lipinski definition) is 1. The number of hydrogen-bond acceptors (Lipinski definition) is 3. The summed E-state index contributed by atoms with van der Waals surface area (Å²) in [5, 5.41) is 7.18. The normalized spacial score (nSPS) is 10.8. The lowest BCUT2D eigenvalue weighted by Gasteiger charge is -2.06. The number of rotatable bonds is 3. The van der Waals surface area contributed by atoms with Gasteiger partial charge in [-0.1, -0.05) is 35.9 Å². The number of fused-ring (bicyclic) bond motifs is 1. The number of carbonyl (C=O) groups excluding carboxylic acids is 1. The van der Waals surface area contributed by atoms with Crippen molar-refractivity contribution >= 4 is 29.0 Å². The fraction of sp³-hybridized carbons (Fsp3) is 0. The summed E-state index contributed by atoms with van der Waals surface area (Å²) in [4.78, 5) is 16.8. The average molecular weight is 367 g/mol. The number of benzene rings is 2. The van der Waals surface area contributed by atoms with Gasteiger partial charge < -0.3 is 5.32 Å². The van der Waals surface area contributed by atoms with E-state index in [-0.39, 0.29) is 10.9 Å². The Morgan fingerprint density at radius 1 is 1.12 bits per heavy atom. The van der Waals surface area contributed by atoms with Gasteiger partial charge in [0, 0.05) is 18.0 Å². The molecule has 128 valence electrons. The fourth-order valence-corrected chi connectivity index (χ4v) is 2.78. The van der Waals surface area contributed by atoms with Crippen molar-refractivity contribution in [2.45, 2.75) is 0 Å². The summed E-state index contributed by atoms with van der Waals surface area (Å²) in [6.07, 6.45) is 3.31. The van der Waals surface area contributed by atoms with Crippen molar-refractivity contribution in [3.8, 4) is 11.1 Å². The molecule has 0 unspecified atom stereocenters. The standard InChI is InChI=1S/C19H12ClFN4O/c20-14-8-7-13(11-15(14)21)16-17(24-25-10-4-9-22-18(16)25)23-19(26)12-5-2-1-3-6-12/h1-11H,(H,23,24,26). The van der Waals surface area contributed by atoms with Crippen LogP contribution in [-0.4, -0.2) is 20.5 Å². The van der Waals surface area contributed by atoms with Crippen LogP contribution in [-0.2, 0) is 0 Å². The molecule has 0 saturated carbocycles. The van der Waals surface area contributed by atoms with Crippen molar-refractivity contribution < 1.29 is 9.18 Å². The van der Waals surface area contributed by atoms with E-state index in [1.807, 2.05) is 6.07 Å². The van der Waals surface area contributed by atoms with Crippen LogP contribution in [0.1, 0.15) is 10.4 Å². The molecule has 0 aliphatic heterocycles. The molecule has 0 spiro atoms. The van der Waals surface area contributed by atoms with Crippen molar-refractivity contribution in [3.63, 3.8) is 0 Å². The van der Waals surface area contributed by atoms with Gasteiger partial charge in [0.15, 0.2) is 11.5 Å². The summed E-state index contributed by atoms with van der Waals surface area (Å²) < 4.78 is 15.5. The van der Waals surface area contributed by atoms with Crippen LogP contribution in [0.25, 0.3) is 16.8 Å². The van der Waals surface area contributed by atoms with E-state index in [4.69, 9.17) is 11.6 Å². The van der Waals surface area contributed by atoms with Gasteiger partial charge in [-0.05, 0) is 35.9 Å². The van der Waals surface area contributed by atoms with Gasteiger partial charge in [-0.15, -0.1) is 5.10 Å². The third-order valence-corrected chi connectivity index (χ3v) is 4.18. The Hall–Kier alpha value is -3.25. The molecule has 2 heterocycles. The number of nitrogens with one attached hydrogen (secondary N) is 1. The first kappa shape index (κ1) is 16.2. The van der Waals surface area contributed by atoms with Crippen LogP contribution < -0.4 is 5.32 Å². The Bertz CT molecular complexity index is 1110. The molecule has 0 fully saturated rings. The van der Waals surface area contributed by atoms with E-state index in [1.165, 1.54) is 16.6 Å². The molecule has 0 aliphatic rings. The van der Waals surface area contributed by atoms with Gasteiger partial charge in [0.1, 0.15) is 5.82 Å². The highest BCUT2D eigenvalue weighted by molar-refractivity contribution is 6.30. The SMILES string of the molecule is O=C(Nc1nn2cccnc2c1-c1ccc(Cl)c(F)c1)c1ccccc1. The van der Waals surface area contributed by atoms with Gasteiger partial charge in [0.2, 0.25) is 0 Å². The van der Waals surface area contributed by atoms with E-state index >= 15 is 0 Å². The van der Waals surface area contributed by atoms with Gasteiger partial charge in [-0.3, -0.25) is 4.79 Å². The van der Waals surface area contributed by atoms with E-state index in [1.54, 1.807) is 48.8 Å². The van der Waals surface area contributed by atoms with Crippen LogP contribution in [0.3, 0.4) is 0 Å². The largest absolute Gasteiger partial charge is 0.304 e. The molecule has 2 aromatic heterocycles. The minimum absolute atomic E-state index is 0.0213. The molecule has 2 aromatic carbocycles. The molecular formula is C19H12ClFN4O. The Balaban J connectivity index is 1.84. The maximum Gasteiger partial charge on any atom is 0.256 e. The molecule has 26 heavy (non-hydrogen) atoms. The van der Waals surface area contributed by atoms with Gasteiger partial charge >= 0.3 is 0 Å². The minimum Gasteiger partial charge on any atom is -0.304 e. The highest BCUT2D eigenvalue weighted by atomic mass is 35.5. The molecule has 0 bridgehead atoms. The zero-order valence-electron chi connectivity index (χ0n) is 13.4. The molecule has 5 nitrogen and oxygen atoms in total. The van der Waals surface area contributed by atoms with Crippen molar-refractivity contribution in [3.05, 3.63) is 83.4 Å². The maximum atomic E-state index is 14.0. The number of nitrogens with zero attached hydrogens (tertiary/aromatic N) is 3. The Labute approximate surface area is 153 Å². The third-order valence-electron chi connectivity index (χ3n) is 3.87. The van der Waals surface area contributed by atoms with Crippen LogP contribution >= 0.6 is 11.6 Å². The molecule has 0 radical (unpaired) electrons. The lowest BCUT2D eigenvalue weighted by atomic mass is 10.1. The highest BCUT2D eigenvalue weighted by Crippen LogP contribution is 2.33. The van der Waals surface area contributed by atoms with E-state index in [9.17, 15) is 9.18 Å². The predicted molar refractivity (Wildman–Crippen MR) is 97.8 cm³/mol. The van der Waals surface area contributed by atoms with Crippen LogP contribution in [0.5, 0.6) is 0 Å². The highest BCUT2D eigenvalue weighted by Gasteiger charge is 2.19. The summed E-state index contributed by atoms with van der Waals surface area (Å²) in [7, 11) is 0. The Morgan fingerprint density at radius 2 is 1.92 bits per heavy atom. The summed E-state index contributed by atoms with van der Waals surface area (Å²) >= 11 is 5.78. The zero-order valence-corrected chi connectivity index (χ0v) is 14.1. The van der Waals surface area contributed by atoms with Crippen molar-refractivity contribution in [2.75, 3.05) is 5.32 Å². The molecule has 0 aliphatic carbocycles. The number of carbonyl (C=O) groups is 1. The quantitative estimate of drug-likeness (QED) is 0.583.